The monoisotopic (exact) mass is 237 g/mol. The van der Waals surface area contributed by atoms with E-state index in [9.17, 15) is 9.90 Å². The molecule has 1 rings (SSSR count). The number of hydrogen-bond acceptors (Lipinski definition) is 3. The molecule has 1 aromatic rings. The standard InChI is InChI=1S/C9H11N5O3/c10-8(11)14-9(12)13-4-2-1-3-5(15)6(4)7(16)17/h1-3,15H,(H,16,17)(H6,10,11,12,13,14). The fraction of sp³-hybridized carbons (Fsp3) is 0. The fourth-order valence-electron chi connectivity index (χ4n) is 1.12. The van der Waals surface area contributed by atoms with Crippen LogP contribution in [0.15, 0.2) is 28.2 Å². The molecule has 1 aromatic carbocycles. The van der Waals surface area contributed by atoms with E-state index in [0.29, 0.717) is 0 Å². The van der Waals surface area contributed by atoms with Crippen LogP contribution in [0.5, 0.6) is 5.75 Å². The van der Waals surface area contributed by atoms with E-state index >= 15 is 0 Å². The van der Waals surface area contributed by atoms with Crippen molar-refractivity contribution in [2.45, 2.75) is 0 Å². The zero-order valence-corrected chi connectivity index (χ0v) is 8.66. The van der Waals surface area contributed by atoms with Crippen LogP contribution < -0.4 is 17.2 Å². The van der Waals surface area contributed by atoms with Gasteiger partial charge in [0.2, 0.25) is 5.96 Å². The van der Waals surface area contributed by atoms with Crippen LogP contribution in [0.1, 0.15) is 10.4 Å². The molecule has 0 aliphatic heterocycles. The molecule has 0 heterocycles. The lowest BCUT2D eigenvalue weighted by Gasteiger charge is -2.03. The van der Waals surface area contributed by atoms with Crippen LogP contribution in [0.3, 0.4) is 0 Å². The van der Waals surface area contributed by atoms with E-state index in [0.717, 1.165) is 0 Å². The maximum absolute atomic E-state index is 10.9. The highest BCUT2D eigenvalue weighted by molar-refractivity contribution is 5.99. The molecular weight excluding hydrogens is 226 g/mol. The number of carbonyl (C=O) groups is 1. The minimum absolute atomic E-state index is 0.0417. The first-order valence-electron chi connectivity index (χ1n) is 4.41. The summed E-state index contributed by atoms with van der Waals surface area (Å²) in [4.78, 5) is 18.0. The van der Waals surface area contributed by atoms with E-state index in [4.69, 9.17) is 22.3 Å². The van der Waals surface area contributed by atoms with Crippen LogP contribution in [0.4, 0.5) is 5.69 Å². The molecule has 0 aliphatic carbocycles. The van der Waals surface area contributed by atoms with E-state index in [1.165, 1.54) is 18.2 Å². The molecule has 90 valence electrons. The van der Waals surface area contributed by atoms with Gasteiger partial charge >= 0.3 is 5.97 Å². The van der Waals surface area contributed by atoms with Crippen molar-refractivity contribution in [2.75, 3.05) is 0 Å². The number of phenols is 1. The number of guanidine groups is 2. The largest absolute Gasteiger partial charge is 0.507 e. The molecule has 17 heavy (non-hydrogen) atoms. The summed E-state index contributed by atoms with van der Waals surface area (Å²) in [5.41, 5.74) is 15.1. The zero-order valence-electron chi connectivity index (χ0n) is 8.66. The van der Waals surface area contributed by atoms with Gasteiger partial charge in [-0.2, -0.15) is 4.99 Å². The van der Waals surface area contributed by atoms with Crippen molar-refractivity contribution in [2.24, 2.45) is 27.2 Å². The van der Waals surface area contributed by atoms with Gasteiger partial charge in [-0.05, 0) is 12.1 Å². The van der Waals surface area contributed by atoms with Crippen LogP contribution in [0.2, 0.25) is 0 Å². The SMILES string of the molecule is NC(N)=NC(N)=Nc1cccc(O)c1C(=O)O. The molecule has 0 aliphatic rings. The summed E-state index contributed by atoms with van der Waals surface area (Å²) in [6.07, 6.45) is 0. The molecule has 0 saturated heterocycles. The number of benzene rings is 1. The summed E-state index contributed by atoms with van der Waals surface area (Å²) in [5, 5.41) is 18.3. The Labute approximate surface area is 96.1 Å². The maximum atomic E-state index is 10.9. The van der Waals surface area contributed by atoms with Gasteiger partial charge in [-0.1, -0.05) is 6.07 Å². The average molecular weight is 237 g/mol. The van der Waals surface area contributed by atoms with Crippen molar-refractivity contribution < 1.29 is 15.0 Å². The molecule has 0 fully saturated rings. The lowest BCUT2D eigenvalue weighted by molar-refractivity contribution is 0.0695. The number of rotatable bonds is 2. The minimum Gasteiger partial charge on any atom is -0.507 e. The first-order valence-corrected chi connectivity index (χ1v) is 4.41. The maximum Gasteiger partial charge on any atom is 0.341 e. The number of hydrogen-bond donors (Lipinski definition) is 5. The molecule has 0 amide bonds. The van der Waals surface area contributed by atoms with Crippen molar-refractivity contribution in [3.8, 4) is 5.75 Å². The molecule has 0 radical (unpaired) electrons. The normalized spacial score (nSPS) is 10.9. The van der Waals surface area contributed by atoms with Crippen molar-refractivity contribution in [1.29, 1.82) is 0 Å². The van der Waals surface area contributed by atoms with E-state index in [1.807, 2.05) is 0 Å². The predicted molar refractivity (Wildman–Crippen MR) is 62.2 cm³/mol. The lowest BCUT2D eigenvalue weighted by Crippen LogP contribution is -2.26. The summed E-state index contributed by atoms with van der Waals surface area (Å²) in [6.45, 7) is 0. The second-order valence-corrected chi connectivity index (χ2v) is 2.98. The number of aromatic hydroxyl groups is 1. The quantitative estimate of drug-likeness (QED) is 0.338. The van der Waals surface area contributed by atoms with E-state index in [2.05, 4.69) is 9.98 Å². The number of aliphatic imine (C=N–C) groups is 2. The summed E-state index contributed by atoms with van der Waals surface area (Å²) in [6, 6.07) is 4.00. The Morgan fingerprint density at radius 3 is 2.41 bits per heavy atom. The van der Waals surface area contributed by atoms with Gasteiger partial charge in [-0.15, -0.1) is 0 Å². The highest BCUT2D eigenvalue weighted by Crippen LogP contribution is 2.27. The Kier molecular flexibility index (Phi) is 3.50. The smallest absolute Gasteiger partial charge is 0.341 e. The molecule has 8 heteroatoms. The Morgan fingerprint density at radius 2 is 1.88 bits per heavy atom. The number of nitrogens with zero attached hydrogens (tertiary/aromatic N) is 2. The molecule has 8 nitrogen and oxygen atoms in total. The van der Waals surface area contributed by atoms with Gasteiger partial charge in [-0.25, -0.2) is 9.79 Å². The number of carboxylic acids is 1. The molecule has 0 atom stereocenters. The third-order valence-electron chi connectivity index (χ3n) is 1.71. The Hall–Kier alpha value is -2.77. The predicted octanol–water partition coefficient (Wildman–Crippen LogP) is -0.690. The van der Waals surface area contributed by atoms with Gasteiger partial charge in [0.1, 0.15) is 11.3 Å². The van der Waals surface area contributed by atoms with Crippen molar-refractivity contribution in [1.82, 2.24) is 0 Å². The summed E-state index contributed by atoms with van der Waals surface area (Å²) in [7, 11) is 0. The molecular formula is C9H11N5O3. The summed E-state index contributed by atoms with van der Waals surface area (Å²) in [5.74, 6) is -2.36. The third kappa shape index (κ3) is 3.09. The fourth-order valence-corrected chi connectivity index (χ4v) is 1.12. The van der Waals surface area contributed by atoms with Crippen LogP contribution in [0, 0.1) is 0 Å². The second kappa shape index (κ2) is 4.84. The van der Waals surface area contributed by atoms with Crippen molar-refractivity contribution in [3.63, 3.8) is 0 Å². The van der Waals surface area contributed by atoms with Gasteiger partial charge < -0.3 is 27.4 Å². The Morgan fingerprint density at radius 1 is 1.24 bits per heavy atom. The van der Waals surface area contributed by atoms with Gasteiger partial charge in [0.25, 0.3) is 0 Å². The second-order valence-electron chi connectivity index (χ2n) is 2.98. The van der Waals surface area contributed by atoms with Crippen LogP contribution in [0.25, 0.3) is 0 Å². The highest BCUT2D eigenvalue weighted by Gasteiger charge is 2.14. The lowest BCUT2D eigenvalue weighted by atomic mass is 10.1. The zero-order chi connectivity index (χ0) is 13.0. The number of carboxylic acid groups (broad SMARTS) is 1. The van der Waals surface area contributed by atoms with Gasteiger partial charge in [-0.3, -0.25) is 0 Å². The topological polar surface area (TPSA) is 160 Å². The van der Waals surface area contributed by atoms with Crippen LogP contribution in [-0.4, -0.2) is 28.1 Å². The van der Waals surface area contributed by atoms with E-state index in [-0.39, 0.29) is 23.2 Å². The highest BCUT2D eigenvalue weighted by atomic mass is 16.4. The van der Waals surface area contributed by atoms with Gasteiger partial charge in [0.05, 0.1) is 5.69 Å². The third-order valence-corrected chi connectivity index (χ3v) is 1.71. The van der Waals surface area contributed by atoms with Crippen molar-refractivity contribution in [3.05, 3.63) is 23.8 Å². The average Bonchev–Trinajstić information content (AvgIpc) is 2.15. The Balaban J connectivity index is 3.28. The molecule has 0 aromatic heterocycles. The molecule has 0 saturated carbocycles. The van der Waals surface area contributed by atoms with Crippen molar-refractivity contribution >= 4 is 23.6 Å². The van der Waals surface area contributed by atoms with E-state index < -0.39 is 11.7 Å². The Bertz CT molecular complexity index is 505. The summed E-state index contributed by atoms with van der Waals surface area (Å²) < 4.78 is 0. The molecule has 0 bridgehead atoms. The summed E-state index contributed by atoms with van der Waals surface area (Å²) >= 11 is 0. The van der Waals surface area contributed by atoms with E-state index in [1.54, 1.807) is 0 Å². The molecule has 0 unspecified atom stereocenters. The van der Waals surface area contributed by atoms with Crippen LogP contribution in [-0.2, 0) is 0 Å². The molecule has 8 N–H and O–H groups in total. The van der Waals surface area contributed by atoms with Crippen LogP contribution >= 0.6 is 0 Å². The first kappa shape index (κ1) is 12.3. The minimum atomic E-state index is -1.33. The first-order chi connectivity index (χ1) is 7.91. The van der Waals surface area contributed by atoms with Gasteiger partial charge in [0, 0.05) is 0 Å². The van der Waals surface area contributed by atoms with Gasteiger partial charge in [0.15, 0.2) is 5.96 Å². The number of nitrogens with two attached hydrogens (primary N) is 3. The number of aromatic carboxylic acids is 1. The molecule has 0 spiro atoms.